The first-order chi connectivity index (χ1) is 5.12. The fourth-order valence-electron chi connectivity index (χ4n) is 4.02. The van der Waals surface area contributed by atoms with E-state index in [-0.39, 0.29) is 5.60 Å². The molecule has 0 aromatic heterocycles. The first-order valence-electron chi connectivity index (χ1n) is 4.84. The topological polar surface area (TPSA) is 20.2 Å². The van der Waals surface area contributed by atoms with E-state index in [0.29, 0.717) is 5.41 Å². The number of fused-ring (bicyclic) bond motifs is 1. The van der Waals surface area contributed by atoms with Gasteiger partial charge in [0.15, 0.2) is 0 Å². The summed E-state index contributed by atoms with van der Waals surface area (Å²) in [4.78, 5) is 0. The summed E-state index contributed by atoms with van der Waals surface area (Å²) >= 11 is 0. The maximum absolute atomic E-state index is 10.1. The van der Waals surface area contributed by atoms with E-state index in [2.05, 4.69) is 6.92 Å². The molecule has 1 N–H and O–H groups in total. The van der Waals surface area contributed by atoms with Crippen LogP contribution in [0.5, 0.6) is 0 Å². The van der Waals surface area contributed by atoms with Crippen molar-refractivity contribution in [2.24, 2.45) is 17.3 Å². The Morgan fingerprint density at radius 1 is 1.18 bits per heavy atom. The number of hydrogen-bond acceptors (Lipinski definition) is 1. The molecular weight excluding hydrogens is 136 g/mol. The van der Waals surface area contributed by atoms with Gasteiger partial charge in [-0.2, -0.15) is 0 Å². The average molecular weight is 152 g/mol. The van der Waals surface area contributed by atoms with Crippen molar-refractivity contribution in [2.45, 2.75) is 44.6 Å². The van der Waals surface area contributed by atoms with Gasteiger partial charge in [0.2, 0.25) is 0 Å². The Morgan fingerprint density at radius 3 is 2.73 bits per heavy atom. The van der Waals surface area contributed by atoms with Crippen molar-refractivity contribution in [2.75, 3.05) is 0 Å². The highest BCUT2D eigenvalue weighted by Crippen LogP contribution is 2.72. The molecule has 1 heteroatoms. The van der Waals surface area contributed by atoms with E-state index in [4.69, 9.17) is 0 Å². The molecule has 4 atom stereocenters. The number of hydrogen-bond donors (Lipinski definition) is 1. The third kappa shape index (κ3) is 0.703. The van der Waals surface area contributed by atoms with E-state index in [1.807, 2.05) is 0 Å². The zero-order valence-corrected chi connectivity index (χ0v) is 7.14. The zero-order valence-electron chi connectivity index (χ0n) is 7.14. The normalized spacial score (nSPS) is 66.0. The van der Waals surface area contributed by atoms with Crippen LogP contribution in [0.2, 0.25) is 0 Å². The molecule has 2 bridgehead atoms. The van der Waals surface area contributed by atoms with Gasteiger partial charge in [-0.15, -0.1) is 0 Å². The molecule has 0 aliphatic heterocycles. The minimum Gasteiger partial charge on any atom is -0.390 e. The van der Waals surface area contributed by atoms with Gasteiger partial charge in [0.1, 0.15) is 0 Å². The van der Waals surface area contributed by atoms with Gasteiger partial charge in [-0.25, -0.2) is 0 Å². The summed E-state index contributed by atoms with van der Waals surface area (Å²) in [6.45, 7) is 2.30. The summed E-state index contributed by atoms with van der Waals surface area (Å²) in [5.41, 5.74) is 0.424. The van der Waals surface area contributed by atoms with Gasteiger partial charge >= 0.3 is 0 Å². The molecular formula is C10H16O. The molecule has 3 aliphatic rings. The predicted molar refractivity (Wildman–Crippen MR) is 43.1 cm³/mol. The minimum atomic E-state index is -0.222. The summed E-state index contributed by atoms with van der Waals surface area (Å²) in [6.07, 6.45) is 6.16. The van der Waals surface area contributed by atoms with Gasteiger partial charge in [-0.3, -0.25) is 0 Å². The van der Waals surface area contributed by atoms with Crippen molar-refractivity contribution in [1.82, 2.24) is 0 Å². The van der Waals surface area contributed by atoms with Crippen molar-refractivity contribution in [3.63, 3.8) is 0 Å². The van der Waals surface area contributed by atoms with Gasteiger partial charge in [0.05, 0.1) is 5.60 Å². The van der Waals surface area contributed by atoms with Gasteiger partial charge in [0, 0.05) is 0 Å². The third-order valence-corrected chi connectivity index (χ3v) is 4.15. The summed E-state index contributed by atoms with van der Waals surface area (Å²) in [6, 6.07) is 0. The van der Waals surface area contributed by atoms with Crippen LogP contribution in [0.4, 0.5) is 0 Å². The van der Waals surface area contributed by atoms with Crippen LogP contribution >= 0.6 is 0 Å². The largest absolute Gasteiger partial charge is 0.390 e. The van der Waals surface area contributed by atoms with Crippen LogP contribution in [0.3, 0.4) is 0 Å². The molecule has 0 amide bonds. The van der Waals surface area contributed by atoms with Crippen molar-refractivity contribution in [1.29, 1.82) is 0 Å². The van der Waals surface area contributed by atoms with Crippen LogP contribution in [-0.2, 0) is 0 Å². The molecule has 3 aliphatic carbocycles. The Balaban J connectivity index is 1.95. The second kappa shape index (κ2) is 1.52. The van der Waals surface area contributed by atoms with E-state index in [1.165, 1.54) is 12.8 Å². The molecule has 3 rings (SSSR count). The lowest BCUT2D eigenvalue weighted by atomic mass is 9.75. The van der Waals surface area contributed by atoms with Gasteiger partial charge in [0.25, 0.3) is 0 Å². The quantitative estimate of drug-likeness (QED) is 0.562. The van der Waals surface area contributed by atoms with E-state index >= 15 is 0 Å². The maximum Gasteiger partial charge on any atom is 0.0658 e. The summed E-state index contributed by atoms with van der Waals surface area (Å²) in [5.74, 6) is 1.69. The van der Waals surface area contributed by atoms with E-state index < -0.39 is 0 Å². The van der Waals surface area contributed by atoms with E-state index in [9.17, 15) is 5.11 Å². The summed E-state index contributed by atoms with van der Waals surface area (Å²) < 4.78 is 0. The molecule has 11 heavy (non-hydrogen) atoms. The monoisotopic (exact) mass is 152 g/mol. The van der Waals surface area contributed by atoms with Gasteiger partial charge in [-0.05, 0) is 49.4 Å². The highest BCUT2D eigenvalue weighted by atomic mass is 16.3. The molecule has 3 saturated carbocycles. The Bertz CT molecular complexity index is 202. The van der Waals surface area contributed by atoms with Crippen LogP contribution in [0.15, 0.2) is 0 Å². The first kappa shape index (κ1) is 6.47. The van der Waals surface area contributed by atoms with Gasteiger partial charge in [-0.1, -0.05) is 6.92 Å². The fourth-order valence-corrected chi connectivity index (χ4v) is 4.02. The molecule has 0 radical (unpaired) electrons. The number of rotatable bonds is 0. The maximum atomic E-state index is 10.1. The van der Waals surface area contributed by atoms with Gasteiger partial charge < -0.3 is 5.11 Å². The third-order valence-electron chi connectivity index (χ3n) is 4.15. The molecule has 3 fully saturated rings. The molecule has 62 valence electrons. The standard InChI is InChI=1S/C10H16O/c1-7-2-9-4-8(9)5-10(11,3-7)6-9/h7-8,11H,2-6H2,1H3. The molecule has 0 aromatic rings. The molecule has 0 aromatic carbocycles. The predicted octanol–water partition coefficient (Wildman–Crippen LogP) is 1.95. The summed E-state index contributed by atoms with van der Waals surface area (Å²) in [7, 11) is 0. The molecule has 0 heterocycles. The Labute approximate surface area is 67.8 Å². The van der Waals surface area contributed by atoms with Crippen LogP contribution in [-0.4, -0.2) is 10.7 Å². The SMILES string of the molecule is CC1CC2(O)CC3CC3(C1)C2. The zero-order chi connectivity index (χ0) is 7.69. The smallest absolute Gasteiger partial charge is 0.0658 e. The second-order valence-corrected chi connectivity index (χ2v) is 5.38. The Hall–Kier alpha value is -0.0400. The molecule has 0 saturated heterocycles. The highest BCUT2D eigenvalue weighted by molar-refractivity contribution is 5.17. The minimum absolute atomic E-state index is 0.222. The number of aliphatic hydroxyl groups is 1. The fraction of sp³-hybridized carbons (Fsp3) is 1.00. The van der Waals surface area contributed by atoms with E-state index in [1.54, 1.807) is 0 Å². The Kier molecular flexibility index (Phi) is 0.893. The van der Waals surface area contributed by atoms with Crippen molar-refractivity contribution < 1.29 is 5.11 Å². The van der Waals surface area contributed by atoms with Crippen molar-refractivity contribution in [3.05, 3.63) is 0 Å². The highest BCUT2D eigenvalue weighted by Gasteiger charge is 2.67. The lowest BCUT2D eigenvalue weighted by molar-refractivity contribution is -0.0174. The Morgan fingerprint density at radius 2 is 2.00 bits per heavy atom. The van der Waals surface area contributed by atoms with Crippen LogP contribution in [0.25, 0.3) is 0 Å². The first-order valence-corrected chi connectivity index (χ1v) is 4.84. The van der Waals surface area contributed by atoms with Crippen LogP contribution in [0.1, 0.15) is 39.0 Å². The molecule has 1 spiro atoms. The molecule has 1 nitrogen and oxygen atoms in total. The van der Waals surface area contributed by atoms with Crippen molar-refractivity contribution in [3.8, 4) is 0 Å². The van der Waals surface area contributed by atoms with Crippen LogP contribution in [0, 0.1) is 17.3 Å². The van der Waals surface area contributed by atoms with Crippen molar-refractivity contribution >= 4 is 0 Å². The lowest BCUT2D eigenvalue weighted by Crippen LogP contribution is -2.34. The van der Waals surface area contributed by atoms with E-state index in [0.717, 1.165) is 31.1 Å². The summed E-state index contributed by atoms with van der Waals surface area (Å²) in [5, 5.41) is 10.1. The lowest BCUT2D eigenvalue weighted by Gasteiger charge is -2.35. The average Bonchev–Trinajstić information content (AvgIpc) is 2.31. The second-order valence-electron chi connectivity index (χ2n) is 5.38. The van der Waals surface area contributed by atoms with Crippen LogP contribution < -0.4 is 0 Å². The molecule has 4 unspecified atom stereocenters.